The smallest absolute Gasteiger partial charge is 0.233 e. The molecule has 2 fully saturated rings. The molecule has 1 aliphatic heterocycles. The summed E-state index contributed by atoms with van der Waals surface area (Å²) in [4.78, 5) is 22.2. The third-order valence-corrected chi connectivity index (χ3v) is 5.13. The zero-order valence-corrected chi connectivity index (χ0v) is 13.5. The van der Waals surface area contributed by atoms with Gasteiger partial charge in [0.2, 0.25) is 11.9 Å². The third-order valence-electron chi connectivity index (χ3n) is 5.13. The molecule has 3 aliphatic carbocycles. The van der Waals surface area contributed by atoms with Crippen molar-refractivity contribution in [3.63, 3.8) is 0 Å². The van der Waals surface area contributed by atoms with E-state index in [0.29, 0.717) is 18.1 Å². The predicted molar refractivity (Wildman–Crippen MR) is 93.3 cm³/mol. The van der Waals surface area contributed by atoms with Gasteiger partial charge in [-0.3, -0.25) is 9.69 Å². The van der Waals surface area contributed by atoms with Crippen LogP contribution in [-0.4, -0.2) is 22.4 Å². The first-order valence-corrected chi connectivity index (χ1v) is 8.40. The second-order valence-electron chi connectivity index (χ2n) is 6.83. The molecule has 0 N–H and O–H groups in total. The summed E-state index contributed by atoms with van der Waals surface area (Å²) < 4.78 is 0. The molecule has 1 saturated carbocycles. The number of anilines is 1. The average molecular weight is 317 g/mol. The highest BCUT2D eigenvalue weighted by atomic mass is 16.2. The Kier molecular flexibility index (Phi) is 3.57. The minimum absolute atomic E-state index is 0.131. The molecular formula is C20H19N3O. The molecule has 24 heavy (non-hydrogen) atoms. The fraction of sp³-hybridized carbons (Fsp3) is 0.350. The first-order valence-electron chi connectivity index (χ1n) is 8.40. The number of nitrogens with zero attached hydrogens (tertiary/aromatic N) is 3. The molecule has 0 unspecified atom stereocenters. The maximum atomic E-state index is 12.1. The molecule has 1 saturated heterocycles. The van der Waals surface area contributed by atoms with Gasteiger partial charge in [0.25, 0.3) is 0 Å². The summed E-state index contributed by atoms with van der Waals surface area (Å²) in [5.74, 6) is 3.07. The topological polar surface area (TPSA) is 46.1 Å². The van der Waals surface area contributed by atoms with Crippen LogP contribution in [0.2, 0.25) is 0 Å². The Morgan fingerprint density at radius 2 is 1.92 bits per heavy atom. The summed E-state index contributed by atoms with van der Waals surface area (Å²) in [6.07, 6.45) is 12.3. The number of amides is 1. The van der Waals surface area contributed by atoms with Gasteiger partial charge in [-0.15, -0.1) is 6.42 Å². The molecule has 1 amide bonds. The Hall–Kier alpha value is -2.67. The molecule has 5 rings (SSSR count). The van der Waals surface area contributed by atoms with Crippen LogP contribution in [0.15, 0.2) is 36.5 Å². The fourth-order valence-electron chi connectivity index (χ4n) is 3.77. The SMILES string of the molecule is C#Cc1ccnc(N2CC3(CCCC3)CC2=O)n1.c1cc2cc-2c1. The van der Waals surface area contributed by atoms with Crippen molar-refractivity contribution in [1.82, 2.24) is 9.97 Å². The standard InChI is InChI=1S/C14H15N3O.C6H4/c1-2-11-5-8-15-13(16-11)17-10-14(9-12(17)18)6-3-4-7-14;1-2-5-4-6(5)3-1/h1,5,8H,3-4,6-7,9-10H2;1-4H. The van der Waals surface area contributed by atoms with E-state index in [2.05, 4.69) is 40.2 Å². The first kappa shape index (κ1) is 14.9. The zero-order valence-electron chi connectivity index (χ0n) is 13.5. The van der Waals surface area contributed by atoms with Crippen LogP contribution >= 0.6 is 0 Å². The molecule has 4 heteroatoms. The number of rotatable bonds is 1. The van der Waals surface area contributed by atoms with Crippen molar-refractivity contribution in [3.8, 4) is 23.5 Å². The molecule has 2 heterocycles. The highest BCUT2D eigenvalue weighted by Gasteiger charge is 2.45. The van der Waals surface area contributed by atoms with Crippen LogP contribution in [0.25, 0.3) is 11.1 Å². The van der Waals surface area contributed by atoms with Crippen LogP contribution in [0.4, 0.5) is 5.95 Å². The summed E-state index contributed by atoms with van der Waals surface area (Å²) >= 11 is 0. The Morgan fingerprint density at radius 1 is 1.17 bits per heavy atom. The van der Waals surface area contributed by atoms with Gasteiger partial charge < -0.3 is 0 Å². The maximum Gasteiger partial charge on any atom is 0.233 e. The number of hydrogen-bond acceptors (Lipinski definition) is 3. The number of aromatic nitrogens is 2. The zero-order chi connectivity index (χ0) is 16.6. The Balaban J connectivity index is 0.000000201. The lowest BCUT2D eigenvalue weighted by Gasteiger charge is -2.21. The van der Waals surface area contributed by atoms with Crippen molar-refractivity contribution in [3.05, 3.63) is 42.2 Å². The fourth-order valence-corrected chi connectivity index (χ4v) is 3.77. The summed E-state index contributed by atoms with van der Waals surface area (Å²) in [6.45, 7) is 0.750. The van der Waals surface area contributed by atoms with E-state index in [4.69, 9.17) is 6.42 Å². The van der Waals surface area contributed by atoms with E-state index in [1.54, 1.807) is 17.2 Å². The average Bonchev–Trinajstić information content (AvgIpc) is 2.99. The Morgan fingerprint density at radius 3 is 2.50 bits per heavy atom. The van der Waals surface area contributed by atoms with E-state index in [1.165, 1.54) is 24.0 Å². The van der Waals surface area contributed by atoms with Gasteiger partial charge in [-0.05, 0) is 41.5 Å². The van der Waals surface area contributed by atoms with Crippen molar-refractivity contribution < 1.29 is 4.79 Å². The number of terminal acetylenes is 1. The van der Waals surface area contributed by atoms with E-state index in [-0.39, 0.29) is 11.3 Å². The highest BCUT2D eigenvalue weighted by molar-refractivity contribution is 5.94. The van der Waals surface area contributed by atoms with Crippen molar-refractivity contribution in [1.29, 1.82) is 0 Å². The molecule has 0 atom stereocenters. The molecule has 4 nitrogen and oxygen atoms in total. The van der Waals surface area contributed by atoms with Crippen LogP contribution in [0.3, 0.4) is 0 Å². The number of benzene rings is 1. The monoisotopic (exact) mass is 317 g/mol. The third kappa shape index (κ3) is 2.78. The number of carbonyl (C=O) groups excluding carboxylic acids is 1. The highest BCUT2D eigenvalue weighted by Crippen LogP contribution is 2.46. The predicted octanol–water partition coefficient (Wildman–Crippen LogP) is 3.42. The molecule has 4 aliphatic rings. The van der Waals surface area contributed by atoms with Crippen molar-refractivity contribution in [2.24, 2.45) is 5.41 Å². The van der Waals surface area contributed by atoms with Gasteiger partial charge in [0.05, 0.1) is 0 Å². The summed E-state index contributed by atoms with van der Waals surface area (Å²) in [7, 11) is 0. The lowest BCUT2D eigenvalue weighted by atomic mass is 9.85. The lowest BCUT2D eigenvalue weighted by molar-refractivity contribution is -0.117. The summed E-state index contributed by atoms with van der Waals surface area (Å²) in [5, 5.41) is 0. The summed E-state index contributed by atoms with van der Waals surface area (Å²) in [6, 6.07) is 10.2. The molecular weight excluding hydrogens is 298 g/mol. The van der Waals surface area contributed by atoms with Crippen molar-refractivity contribution in [2.75, 3.05) is 11.4 Å². The van der Waals surface area contributed by atoms with E-state index in [9.17, 15) is 4.79 Å². The molecule has 1 aromatic heterocycles. The lowest BCUT2D eigenvalue weighted by Crippen LogP contribution is -2.28. The first-order chi connectivity index (χ1) is 11.7. The van der Waals surface area contributed by atoms with Gasteiger partial charge in [0, 0.05) is 19.2 Å². The minimum Gasteiger partial charge on any atom is -0.280 e. The summed E-state index contributed by atoms with van der Waals surface area (Å²) in [5.41, 5.74) is 3.55. The van der Waals surface area contributed by atoms with Gasteiger partial charge in [-0.1, -0.05) is 37.0 Å². The van der Waals surface area contributed by atoms with Gasteiger partial charge in [0.1, 0.15) is 5.69 Å². The maximum absolute atomic E-state index is 12.1. The molecule has 0 bridgehead atoms. The normalized spacial score (nSPS) is 19.0. The Bertz CT molecular complexity index is 814. The molecule has 1 spiro atoms. The van der Waals surface area contributed by atoms with Crippen molar-refractivity contribution >= 4 is 11.9 Å². The molecule has 0 aromatic carbocycles. The number of hydrogen-bond donors (Lipinski definition) is 0. The van der Waals surface area contributed by atoms with Gasteiger partial charge in [-0.2, -0.15) is 0 Å². The second kappa shape index (κ2) is 5.76. The van der Waals surface area contributed by atoms with E-state index in [0.717, 1.165) is 19.4 Å². The second-order valence-corrected chi connectivity index (χ2v) is 6.83. The molecule has 120 valence electrons. The number of carbonyl (C=O) groups is 1. The van der Waals surface area contributed by atoms with Crippen LogP contribution in [0.1, 0.15) is 37.8 Å². The van der Waals surface area contributed by atoms with Gasteiger partial charge in [-0.25, -0.2) is 9.97 Å². The van der Waals surface area contributed by atoms with E-state index >= 15 is 0 Å². The van der Waals surface area contributed by atoms with Crippen LogP contribution in [0.5, 0.6) is 0 Å². The van der Waals surface area contributed by atoms with Crippen LogP contribution in [0, 0.1) is 17.8 Å². The number of fused-ring (bicyclic) bond motifs is 1. The van der Waals surface area contributed by atoms with Gasteiger partial charge >= 0.3 is 0 Å². The van der Waals surface area contributed by atoms with Gasteiger partial charge in [0.15, 0.2) is 0 Å². The molecule has 1 aromatic rings. The van der Waals surface area contributed by atoms with E-state index in [1.807, 2.05) is 0 Å². The van der Waals surface area contributed by atoms with Crippen molar-refractivity contribution in [2.45, 2.75) is 32.1 Å². The quantitative estimate of drug-likeness (QED) is 0.646. The largest absolute Gasteiger partial charge is 0.280 e. The van der Waals surface area contributed by atoms with E-state index < -0.39 is 0 Å². The van der Waals surface area contributed by atoms with Crippen LogP contribution < -0.4 is 4.90 Å². The Labute approximate surface area is 141 Å². The molecule has 0 radical (unpaired) electrons. The van der Waals surface area contributed by atoms with Crippen LogP contribution in [-0.2, 0) is 4.79 Å². The minimum atomic E-state index is 0.131.